The highest BCUT2D eigenvalue weighted by Gasteiger charge is 2.22. The Hall–Kier alpha value is -0.0800. The molecular weight excluding hydrogens is 114 g/mol. The van der Waals surface area contributed by atoms with Crippen LogP contribution in [0.5, 0.6) is 0 Å². The van der Waals surface area contributed by atoms with Gasteiger partial charge >= 0.3 is 0 Å². The molecule has 0 heterocycles. The second kappa shape index (κ2) is 2.67. The molecule has 1 fully saturated rings. The number of rotatable bonds is 0. The largest absolute Gasteiger partial charge is 0.393 e. The monoisotopic (exact) mass is 129 g/mol. The van der Waals surface area contributed by atoms with Crippen LogP contribution in [-0.4, -0.2) is 17.3 Å². The van der Waals surface area contributed by atoms with Crippen LogP contribution in [0, 0.1) is 5.92 Å². The molecule has 0 aromatic rings. The molecule has 0 aromatic carbocycles. The second-order valence-electron chi connectivity index (χ2n) is 3.12. The van der Waals surface area contributed by atoms with Crippen molar-refractivity contribution >= 4 is 0 Å². The van der Waals surface area contributed by atoms with Gasteiger partial charge in [0.1, 0.15) is 0 Å². The highest BCUT2D eigenvalue weighted by atomic mass is 16.3. The van der Waals surface area contributed by atoms with Crippen LogP contribution in [-0.2, 0) is 0 Å². The Morgan fingerprint density at radius 1 is 1.44 bits per heavy atom. The maximum atomic E-state index is 9.27. The Morgan fingerprint density at radius 2 is 2.11 bits per heavy atom. The van der Waals surface area contributed by atoms with Crippen molar-refractivity contribution in [2.24, 2.45) is 11.7 Å². The van der Waals surface area contributed by atoms with E-state index in [9.17, 15) is 5.11 Å². The molecule has 0 spiro atoms. The molecule has 0 amide bonds. The van der Waals surface area contributed by atoms with Crippen LogP contribution in [0.25, 0.3) is 0 Å². The van der Waals surface area contributed by atoms with E-state index >= 15 is 0 Å². The lowest BCUT2D eigenvalue weighted by molar-refractivity contribution is 0.0708. The van der Waals surface area contributed by atoms with Gasteiger partial charge in [0.15, 0.2) is 0 Å². The topological polar surface area (TPSA) is 46.2 Å². The molecule has 0 bridgehead atoms. The van der Waals surface area contributed by atoms with Crippen molar-refractivity contribution < 1.29 is 5.11 Å². The third kappa shape index (κ3) is 1.66. The van der Waals surface area contributed by atoms with Gasteiger partial charge in [-0.15, -0.1) is 0 Å². The lowest BCUT2D eigenvalue weighted by Crippen LogP contribution is -2.35. The predicted octanol–water partition coefficient (Wildman–Crippen LogP) is 0.495. The SMILES string of the molecule is C[C@@H]1CCC(N)C[C@H]1O. The molecule has 1 rings (SSSR count). The highest BCUT2D eigenvalue weighted by molar-refractivity contribution is 4.78. The van der Waals surface area contributed by atoms with E-state index < -0.39 is 0 Å². The lowest BCUT2D eigenvalue weighted by atomic mass is 9.85. The Balaban J connectivity index is 2.35. The summed E-state index contributed by atoms with van der Waals surface area (Å²) in [5.74, 6) is 0.463. The summed E-state index contributed by atoms with van der Waals surface area (Å²) in [6, 6.07) is 0.246. The van der Waals surface area contributed by atoms with Gasteiger partial charge in [0, 0.05) is 6.04 Å². The van der Waals surface area contributed by atoms with Gasteiger partial charge < -0.3 is 10.8 Å². The van der Waals surface area contributed by atoms with Gasteiger partial charge in [-0.25, -0.2) is 0 Å². The molecule has 0 radical (unpaired) electrons. The van der Waals surface area contributed by atoms with Gasteiger partial charge in [0.2, 0.25) is 0 Å². The highest BCUT2D eigenvalue weighted by Crippen LogP contribution is 2.22. The first-order valence-corrected chi connectivity index (χ1v) is 3.64. The first-order chi connectivity index (χ1) is 4.20. The molecule has 9 heavy (non-hydrogen) atoms. The van der Waals surface area contributed by atoms with Crippen molar-refractivity contribution in [3.63, 3.8) is 0 Å². The molecule has 0 saturated heterocycles. The van der Waals surface area contributed by atoms with Gasteiger partial charge in [-0.05, 0) is 25.2 Å². The van der Waals surface area contributed by atoms with Gasteiger partial charge in [0.05, 0.1) is 6.10 Å². The Bertz CT molecular complexity index is 94.9. The third-order valence-corrected chi connectivity index (χ3v) is 2.19. The van der Waals surface area contributed by atoms with Crippen molar-refractivity contribution in [2.75, 3.05) is 0 Å². The minimum Gasteiger partial charge on any atom is -0.393 e. The van der Waals surface area contributed by atoms with E-state index in [1.165, 1.54) is 0 Å². The van der Waals surface area contributed by atoms with Crippen LogP contribution in [0.4, 0.5) is 0 Å². The van der Waals surface area contributed by atoms with Crippen LogP contribution < -0.4 is 5.73 Å². The quantitative estimate of drug-likeness (QED) is 0.500. The lowest BCUT2D eigenvalue weighted by Gasteiger charge is -2.28. The Morgan fingerprint density at radius 3 is 2.56 bits per heavy atom. The summed E-state index contributed by atoms with van der Waals surface area (Å²) in [4.78, 5) is 0. The number of aliphatic hydroxyl groups is 1. The zero-order chi connectivity index (χ0) is 6.85. The van der Waals surface area contributed by atoms with E-state index in [-0.39, 0.29) is 12.1 Å². The van der Waals surface area contributed by atoms with E-state index in [0.717, 1.165) is 19.3 Å². The smallest absolute Gasteiger partial charge is 0.0580 e. The average molecular weight is 129 g/mol. The summed E-state index contributed by atoms with van der Waals surface area (Å²) >= 11 is 0. The van der Waals surface area contributed by atoms with Gasteiger partial charge in [-0.2, -0.15) is 0 Å². The molecule has 3 N–H and O–H groups in total. The Kier molecular flexibility index (Phi) is 2.09. The fourth-order valence-electron chi connectivity index (χ4n) is 1.33. The van der Waals surface area contributed by atoms with Crippen LogP contribution >= 0.6 is 0 Å². The molecule has 54 valence electrons. The van der Waals surface area contributed by atoms with Crippen molar-refractivity contribution in [1.29, 1.82) is 0 Å². The number of hydrogen-bond donors (Lipinski definition) is 2. The third-order valence-electron chi connectivity index (χ3n) is 2.19. The predicted molar refractivity (Wildman–Crippen MR) is 37.0 cm³/mol. The maximum absolute atomic E-state index is 9.27. The van der Waals surface area contributed by atoms with Crippen molar-refractivity contribution in [2.45, 2.75) is 38.3 Å². The summed E-state index contributed by atoms with van der Waals surface area (Å²) in [5, 5.41) is 9.27. The van der Waals surface area contributed by atoms with Crippen LogP contribution in [0.2, 0.25) is 0 Å². The van der Waals surface area contributed by atoms with Gasteiger partial charge in [0.25, 0.3) is 0 Å². The summed E-state index contributed by atoms with van der Waals surface area (Å²) in [5.41, 5.74) is 5.63. The first-order valence-electron chi connectivity index (χ1n) is 3.64. The van der Waals surface area contributed by atoms with E-state index in [1.54, 1.807) is 0 Å². The maximum Gasteiger partial charge on any atom is 0.0580 e. The second-order valence-corrected chi connectivity index (χ2v) is 3.12. The molecule has 1 aliphatic carbocycles. The minimum atomic E-state index is -0.145. The molecule has 0 aliphatic heterocycles. The minimum absolute atomic E-state index is 0.145. The summed E-state index contributed by atoms with van der Waals surface area (Å²) in [6.07, 6.45) is 2.82. The summed E-state index contributed by atoms with van der Waals surface area (Å²) in [6.45, 7) is 2.08. The zero-order valence-electron chi connectivity index (χ0n) is 5.88. The Labute approximate surface area is 56.1 Å². The zero-order valence-corrected chi connectivity index (χ0v) is 5.88. The van der Waals surface area contributed by atoms with Gasteiger partial charge in [-0.1, -0.05) is 6.92 Å². The number of nitrogens with two attached hydrogens (primary N) is 1. The first kappa shape index (κ1) is 7.03. The molecule has 2 nitrogen and oxygen atoms in total. The molecule has 3 atom stereocenters. The average Bonchev–Trinajstić information content (AvgIpc) is 1.80. The summed E-state index contributed by atoms with van der Waals surface area (Å²) in [7, 11) is 0. The van der Waals surface area contributed by atoms with Crippen LogP contribution in [0.3, 0.4) is 0 Å². The van der Waals surface area contributed by atoms with Crippen LogP contribution in [0.15, 0.2) is 0 Å². The van der Waals surface area contributed by atoms with Gasteiger partial charge in [-0.3, -0.25) is 0 Å². The summed E-state index contributed by atoms with van der Waals surface area (Å²) < 4.78 is 0. The normalized spacial score (nSPS) is 45.0. The van der Waals surface area contributed by atoms with E-state index in [2.05, 4.69) is 6.92 Å². The van der Waals surface area contributed by atoms with E-state index in [0.29, 0.717) is 5.92 Å². The molecule has 1 saturated carbocycles. The van der Waals surface area contributed by atoms with Crippen molar-refractivity contribution in [3.05, 3.63) is 0 Å². The molecule has 0 aromatic heterocycles. The molecular formula is C7H15NO. The van der Waals surface area contributed by atoms with E-state index in [1.807, 2.05) is 0 Å². The fourth-order valence-corrected chi connectivity index (χ4v) is 1.33. The van der Waals surface area contributed by atoms with Crippen molar-refractivity contribution in [3.8, 4) is 0 Å². The fraction of sp³-hybridized carbons (Fsp3) is 1.00. The molecule has 1 aliphatic rings. The van der Waals surface area contributed by atoms with Crippen LogP contribution in [0.1, 0.15) is 26.2 Å². The molecule has 2 heteroatoms. The molecule has 1 unspecified atom stereocenters. The van der Waals surface area contributed by atoms with E-state index in [4.69, 9.17) is 5.73 Å². The standard InChI is InChI=1S/C7H15NO/c1-5-2-3-6(8)4-7(5)9/h5-7,9H,2-4,8H2,1H3/t5-,6?,7-/m1/s1. The number of hydrogen-bond acceptors (Lipinski definition) is 2. The number of aliphatic hydroxyl groups excluding tert-OH is 1. The van der Waals surface area contributed by atoms with Crippen molar-refractivity contribution in [1.82, 2.24) is 0 Å².